The number of benzene rings is 1. The van der Waals surface area contributed by atoms with Crippen molar-refractivity contribution in [2.75, 3.05) is 19.6 Å². The van der Waals surface area contributed by atoms with Crippen LogP contribution in [-0.4, -0.2) is 30.6 Å². The molecule has 0 radical (unpaired) electrons. The van der Waals surface area contributed by atoms with E-state index in [9.17, 15) is 0 Å². The number of hydrogen-bond acceptors (Lipinski definition) is 2. The number of hydrogen-bond donors (Lipinski definition) is 1. The number of nitrogens with zero attached hydrogens (tertiary/aromatic N) is 1. The van der Waals surface area contributed by atoms with Crippen LogP contribution in [0.15, 0.2) is 18.2 Å². The minimum absolute atomic E-state index is 0.463. The van der Waals surface area contributed by atoms with Gasteiger partial charge in [-0.3, -0.25) is 4.90 Å². The Morgan fingerprint density at radius 2 is 1.95 bits per heavy atom. The van der Waals surface area contributed by atoms with Gasteiger partial charge in [0.2, 0.25) is 0 Å². The molecule has 0 aromatic heterocycles. The van der Waals surface area contributed by atoms with Gasteiger partial charge in [0, 0.05) is 18.6 Å². The van der Waals surface area contributed by atoms with Crippen LogP contribution in [0, 0.1) is 13.8 Å². The maximum absolute atomic E-state index is 3.65. The summed E-state index contributed by atoms with van der Waals surface area (Å²) >= 11 is 0. The van der Waals surface area contributed by atoms with Crippen LogP contribution in [0.5, 0.6) is 0 Å². The molecule has 0 heterocycles. The topological polar surface area (TPSA) is 15.3 Å². The maximum Gasteiger partial charge on any atom is 0.0449 e. The molecule has 1 fully saturated rings. The van der Waals surface area contributed by atoms with Gasteiger partial charge in [-0.25, -0.2) is 0 Å². The zero-order valence-corrected chi connectivity index (χ0v) is 12.9. The molecule has 0 bridgehead atoms. The van der Waals surface area contributed by atoms with Crippen LogP contribution >= 0.6 is 0 Å². The molecule has 19 heavy (non-hydrogen) atoms. The second-order valence-corrected chi connectivity index (χ2v) is 5.77. The molecule has 0 spiro atoms. The summed E-state index contributed by atoms with van der Waals surface area (Å²) in [6, 6.07) is 8.20. The Kier molecular flexibility index (Phi) is 5.00. The fourth-order valence-electron chi connectivity index (χ4n) is 2.73. The first kappa shape index (κ1) is 14.5. The third kappa shape index (κ3) is 3.80. The van der Waals surface area contributed by atoms with E-state index in [4.69, 9.17) is 0 Å². The van der Waals surface area contributed by atoms with Gasteiger partial charge in [-0.1, -0.05) is 32.0 Å². The lowest BCUT2D eigenvalue weighted by Gasteiger charge is -2.27. The van der Waals surface area contributed by atoms with Crippen LogP contribution in [-0.2, 0) is 0 Å². The zero-order chi connectivity index (χ0) is 13.8. The lowest BCUT2D eigenvalue weighted by molar-refractivity contribution is 0.245. The minimum atomic E-state index is 0.463. The Morgan fingerprint density at radius 1 is 1.21 bits per heavy atom. The summed E-state index contributed by atoms with van der Waals surface area (Å²) in [6.45, 7) is 12.2. The van der Waals surface area contributed by atoms with Crippen LogP contribution in [0.2, 0.25) is 0 Å². The average Bonchev–Trinajstić information content (AvgIpc) is 3.22. The highest BCUT2D eigenvalue weighted by Gasteiger charge is 2.29. The van der Waals surface area contributed by atoms with Gasteiger partial charge in [-0.15, -0.1) is 0 Å². The molecule has 2 rings (SSSR count). The molecule has 2 heteroatoms. The number of aryl methyl sites for hydroxylation is 2. The SMILES string of the molecule is CCNC(CN(CC)C1CC1)c1ccc(C)c(C)c1. The van der Waals surface area contributed by atoms with Crippen molar-refractivity contribution in [3.63, 3.8) is 0 Å². The Balaban J connectivity index is 2.11. The lowest BCUT2D eigenvalue weighted by Crippen LogP contribution is -2.36. The molecule has 1 aliphatic rings. The molecule has 1 aliphatic carbocycles. The standard InChI is InChI=1S/C17H28N2/c1-5-18-17(12-19(6-2)16-9-10-16)15-8-7-13(3)14(4)11-15/h7-8,11,16-18H,5-6,9-10,12H2,1-4H3. The summed E-state index contributed by atoms with van der Waals surface area (Å²) in [7, 11) is 0. The monoisotopic (exact) mass is 260 g/mol. The van der Waals surface area contributed by atoms with E-state index in [0.29, 0.717) is 6.04 Å². The van der Waals surface area contributed by atoms with Crippen LogP contribution in [0.4, 0.5) is 0 Å². The van der Waals surface area contributed by atoms with Crippen molar-refractivity contribution >= 4 is 0 Å². The normalized spacial score (nSPS) is 16.9. The van der Waals surface area contributed by atoms with Gasteiger partial charge in [0.1, 0.15) is 0 Å². The summed E-state index contributed by atoms with van der Waals surface area (Å²) in [5, 5.41) is 3.65. The van der Waals surface area contributed by atoms with Crippen LogP contribution in [0.1, 0.15) is 49.4 Å². The third-order valence-corrected chi connectivity index (χ3v) is 4.27. The first-order chi connectivity index (χ1) is 9.15. The Morgan fingerprint density at radius 3 is 2.47 bits per heavy atom. The second kappa shape index (κ2) is 6.53. The van der Waals surface area contributed by atoms with E-state index in [1.165, 1.54) is 29.5 Å². The van der Waals surface area contributed by atoms with Crippen LogP contribution in [0.25, 0.3) is 0 Å². The van der Waals surface area contributed by atoms with E-state index in [1.54, 1.807) is 0 Å². The number of rotatable bonds is 7. The smallest absolute Gasteiger partial charge is 0.0449 e. The van der Waals surface area contributed by atoms with Crippen LogP contribution < -0.4 is 5.32 Å². The molecule has 1 N–H and O–H groups in total. The molecule has 1 atom stereocenters. The number of likely N-dealkylation sites (N-methyl/N-ethyl adjacent to an activating group) is 2. The highest BCUT2D eigenvalue weighted by atomic mass is 15.2. The minimum Gasteiger partial charge on any atom is -0.309 e. The van der Waals surface area contributed by atoms with Gasteiger partial charge in [-0.2, -0.15) is 0 Å². The van der Waals surface area contributed by atoms with Crippen molar-refractivity contribution in [1.29, 1.82) is 0 Å². The van der Waals surface area contributed by atoms with Crippen molar-refractivity contribution in [2.45, 2.75) is 52.6 Å². The van der Waals surface area contributed by atoms with E-state index < -0.39 is 0 Å². The van der Waals surface area contributed by atoms with Crippen molar-refractivity contribution in [3.05, 3.63) is 34.9 Å². The van der Waals surface area contributed by atoms with Gasteiger partial charge in [-0.05, 0) is 56.5 Å². The van der Waals surface area contributed by atoms with E-state index in [2.05, 4.69) is 56.1 Å². The van der Waals surface area contributed by atoms with Gasteiger partial charge >= 0.3 is 0 Å². The summed E-state index contributed by atoms with van der Waals surface area (Å²) in [5.74, 6) is 0. The van der Waals surface area contributed by atoms with E-state index in [0.717, 1.165) is 25.7 Å². The largest absolute Gasteiger partial charge is 0.309 e. The predicted molar refractivity (Wildman–Crippen MR) is 82.6 cm³/mol. The van der Waals surface area contributed by atoms with Gasteiger partial charge in [0.15, 0.2) is 0 Å². The first-order valence-corrected chi connectivity index (χ1v) is 7.70. The average molecular weight is 260 g/mol. The highest BCUT2D eigenvalue weighted by Crippen LogP contribution is 2.28. The molecule has 0 saturated heterocycles. The summed E-state index contributed by atoms with van der Waals surface area (Å²) in [5.41, 5.74) is 4.22. The predicted octanol–water partition coefficient (Wildman–Crippen LogP) is 3.44. The Hall–Kier alpha value is -0.860. The molecular formula is C17H28N2. The lowest BCUT2D eigenvalue weighted by atomic mass is 10.0. The molecule has 1 aromatic carbocycles. The summed E-state index contributed by atoms with van der Waals surface area (Å²) in [4.78, 5) is 2.63. The zero-order valence-electron chi connectivity index (χ0n) is 12.9. The fourth-order valence-corrected chi connectivity index (χ4v) is 2.73. The van der Waals surface area contributed by atoms with E-state index in [1.807, 2.05) is 0 Å². The third-order valence-electron chi connectivity index (χ3n) is 4.27. The van der Waals surface area contributed by atoms with Gasteiger partial charge < -0.3 is 5.32 Å². The van der Waals surface area contributed by atoms with E-state index in [-0.39, 0.29) is 0 Å². The molecule has 106 valence electrons. The second-order valence-electron chi connectivity index (χ2n) is 5.77. The van der Waals surface area contributed by atoms with Gasteiger partial charge in [0.25, 0.3) is 0 Å². The molecule has 1 saturated carbocycles. The van der Waals surface area contributed by atoms with Crippen molar-refractivity contribution in [2.24, 2.45) is 0 Å². The molecule has 0 aliphatic heterocycles. The Bertz CT molecular complexity index is 410. The van der Waals surface area contributed by atoms with Crippen LogP contribution in [0.3, 0.4) is 0 Å². The molecular weight excluding hydrogens is 232 g/mol. The first-order valence-electron chi connectivity index (χ1n) is 7.70. The molecule has 1 aromatic rings. The van der Waals surface area contributed by atoms with E-state index >= 15 is 0 Å². The summed E-state index contributed by atoms with van der Waals surface area (Å²) in [6.07, 6.45) is 2.78. The fraction of sp³-hybridized carbons (Fsp3) is 0.647. The molecule has 2 nitrogen and oxygen atoms in total. The van der Waals surface area contributed by atoms with Gasteiger partial charge in [0.05, 0.1) is 0 Å². The quantitative estimate of drug-likeness (QED) is 0.808. The van der Waals surface area contributed by atoms with Crippen molar-refractivity contribution in [1.82, 2.24) is 10.2 Å². The highest BCUT2D eigenvalue weighted by molar-refractivity contribution is 5.32. The number of nitrogens with one attached hydrogen (secondary N) is 1. The Labute approximate surface area is 118 Å². The molecule has 0 amide bonds. The van der Waals surface area contributed by atoms with Crippen molar-refractivity contribution < 1.29 is 0 Å². The maximum atomic E-state index is 3.65. The summed E-state index contributed by atoms with van der Waals surface area (Å²) < 4.78 is 0. The molecule has 1 unspecified atom stereocenters. The van der Waals surface area contributed by atoms with Crippen molar-refractivity contribution in [3.8, 4) is 0 Å².